The summed E-state index contributed by atoms with van der Waals surface area (Å²) in [6.07, 6.45) is -0.195. The molecule has 12 heteroatoms. The maximum Gasteiger partial charge on any atom is 0.573 e. The summed E-state index contributed by atoms with van der Waals surface area (Å²) in [5.41, 5.74) is 8.39. The highest BCUT2D eigenvalue weighted by molar-refractivity contribution is 7.18. The highest BCUT2D eigenvalue weighted by Crippen LogP contribution is 2.38. The van der Waals surface area contributed by atoms with Gasteiger partial charge in [-0.25, -0.2) is 9.97 Å². The maximum absolute atomic E-state index is 13.4. The lowest BCUT2D eigenvalue weighted by Crippen LogP contribution is -2.18. The van der Waals surface area contributed by atoms with Crippen LogP contribution in [-0.4, -0.2) is 34.3 Å². The second-order valence-corrected chi connectivity index (χ2v) is 8.58. The molecule has 3 heterocycles. The molecule has 0 aliphatic rings. The zero-order chi connectivity index (χ0) is 25.4. The second-order valence-electron chi connectivity index (χ2n) is 7.70. The summed E-state index contributed by atoms with van der Waals surface area (Å²) in [6, 6.07) is 10.9. The molecule has 2 aromatic carbocycles. The van der Waals surface area contributed by atoms with Crippen molar-refractivity contribution in [3.05, 3.63) is 72.1 Å². The molecule has 182 valence electrons. The van der Waals surface area contributed by atoms with E-state index in [1.807, 2.05) is 6.07 Å². The number of halogens is 3. The minimum Gasteiger partial charge on any atom is -0.406 e. The topological polar surface area (TPSA) is 106 Å². The van der Waals surface area contributed by atoms with E-state index in [4.69, 9.17) is 5.73 Å². The van der Waals surface area contributed by atoms with Crippen LogP contribution in [0, 0.1) is 0 Å². The average molecular weight is 511 g/mol. The minimum absolute atomic E-state index is 0.290. The van der Waals surface area contributed by atoms with Gasteiger partial charge >= 0.3 is 6.36 Å². The van der Waals surface area contributed by atoms with E-state index in [2.05, 4.69) is 25.0 Å². The van der Waals surface area contributed by atoms with Crippen LogP contribution in [0.15, 0.2) is 66.6 Å². The highest BCUT2D eigenvalue weighted by Gasteiger charge is 2.31. The Kier molecular flexibility index (Phi) is 5.80. The Bertz CT molecular complexity index is 1590. The SMILES string of the molecule is CN(c1ccc(OC(F)(F)F)cc1)c1ccc2cnccc2c1NC(=O)c1csc2c(N)ncnc12. The zero-order valence-corrected chi connectivity index (χ0v) is 19.4. The van der Waals surface area contributed by atoms with Crippen LogP contribution in [0.3, 0.4) is 0 Å². The van der Waals surface area contributed by atoms with Crippen molar-refractivity contribution in [2.24, 2.45) is 0 Å². The number of nitrogens with one attached hydrogen (secondary N) is 1. The zero-order valence-electron chi connectivity index (χ0n) is 18.6. The Morgan fingerprint density at radius 3 is 2.64 bits per heavy atom. The van der Waals surface area contributed by atoms with Gasteiger partial charge < -0.3 is 20.7 Å². The molecule has 3 N–H and O–H groups in total. The summed E-state index contributed by atoms with van der Waals surface area (Å²) in [7, 11) is 1.74. The lowest BCUT2D eigenvalue weighted by atomic mass is 10.1. The Labute approximate surface area is 206 Å². The fraction of sp³-hybridized carbons (Fsp3) is 0.0833. The van der Waals surface area contributed by atoms with Crippen molar-refractivity contribution in [2.75, 3.05) is 23.0 Å². The van der Waals surface area contributed by atoms with Gasteiger partial charge in [0, 0.05) is 41.3 Å². The number of ether oxygens (including phenoxy) is 1. The Hall–Kier alpha value is -4.45. The first kappa shape index (κ1) is 23.3. The van der Waals surface area contributed by atoms with Crippen molar-refractivity contribution in [1.29, 1.82) is 0 Å². The van der Waals surface area contributed by atoms with Crippen LogP contribution in [0.25, 0.3) is 21.0 Å². The van der Waals surface area contributed by atoms with Crippen LogP contribution in [0.4, 0.5) is 36.1 Å². The lowest BCUT2D eigenvalue weighted by molar-refractivity contribution is -0.274. The van der Waals surface area contributed by atoms with Crippen LogP contribution in [0.5, 0.6) is 5.75 Å². The third-order valence-corrected chi connectivity index (χ3v) is 6.47. The Balaban J connectivity index is 1.54. The van der Waals surface area contributed by atoms with Crippen molar-refractivity contribution in [3.8, 4) is 5.75 Å². The van der Waals surface area contributed by atoms with Gasteiger partial charge in [-0.05, 0) is 36.4 Å². The van der Waals surface area contributed by atoms with Crippen LogP contribution < -0.4 is 20.7 Å². The third-order valence-electron chi connectivity index (χ3n) is 5.48. The van der Waals surface area contributed by atoms with Gasteiger partial charge in [0.1, 0.15) is 17.9 Å². The number of nitrogen functional groups attached to an aromatic ring is 1. The first-order valence-electron chi connectivity index (χ1n) is 10.5. The molecular formula is C24H17F3N6O2S. The summed E-state index contributed by atoms with van der Waals surface area (Å²) in [4.78, 5) is 27.4. The smallest absolute Gasteiger partial charge is 0.406 e. The number of pyridine rings is 1. The molecule has 0 fully saturated rings. The molecule has 0 saturated carbocycles. The Morgan fingerprint density at radius 1 is 1.11 bits per heavy atom. The van der Waals surface area contributed by atoms with Crippen molar-refractivity contribution >= 4 is 61.1 Å². The van der Waals surface area contributed by atoms with Gasteiger partial charge in [-0.1, -0.05) is 6.07 Å². The molecule has 0 aliphatic heterocycles. The highest BCUT2D eigenvalue weighted by atomic mass is 32.1. The summed E-state index contributed by atoms with van der Waals surface area (Å²) in [5.74, 6) is -0.436. The molecule has 0 bridgehead atoms. The molecule has 0 atom stereocenters. The minimum atomic E-state index is -4.78. The molecule has 5 aromatic rings. The van der Waals surface area contributed by atoms with E-state index in [1.165, 1.54) is 41.9 Å². The van der Waals surface area contributed by atoms with Crippen molar-refractivity contribution < 1.29 is 22.7 Å². The van der Waals surface area contributed by atoms with Gasteiger partial charge in [-0.3, -0.25) is 9.78 Å². The second kappa shape index (κ2) is 8.96. The van der Waals surface area contributed by atoms with Gasteiger partial charge in [0.25, 0.3) is 5.91 Å². The Morgan fingerprint density at radius 2 is 1.89 bits per heavy atom. The molecule has 0 radical (unpaired) electrons. The van der Waals surface area contributed by atoms with Crippen molar-refractivity contribution in [3.63, 3.8) is 0 Å². The number of carbonyl (C=O) groups excluding carboxylic acids is 1. The van der Waals surface area contributed by atoms with Crippen molar-refractivity contribution in [1.82, 2.24) is 15.0 Å². The quantitative estimate of drug-likeness (QED) is 0.311. The van der Waals surface area contributed by atoms with E-state index in [9.17, 15) is 18.0 Å². The first-order chi connectivity index (χ1) is 17.2. The predicted octanol–water partition coefficient (Wildman–Crippen LogP) is 5.74. The van der Waals surface area contributed by atoms with E-state index in [0.29, 0.717) is 38.7 Å². The number of thiophene rings is 1. The number of aromatic nitrogens is 3. The van der Waals surface area contributed by atoms with Crippen LogP contribution in [0.1, 0.15) is 10.4 Å². The predicted molar refractivity (Wildman–Crippen MR) is 133 cm³/mol. The normalized spacial score (nSPS) is 11.6. The largest absolute Gasteiger partial charge is 0.573 e. The molecular weight excluding hydrogens is 493 g/mol. The molecule has 0 saturated heterocycles. The number of alkyl halides is 3. The molecule has 5 rings (SSSR count). The molecule has 3 aromatic heterocycles. The number of nitrogens with two attached hydrogens (primary N) is 1. The molecule has 0 spiro atoms. The van der Waals surface area contributed by atoms with Gasteiger partial charge in [0.2, 0.25) is 0 Å². The van der Waals surface area contributed by atoms with Crippen LogP contribution >= 0.6 is 11.3 Å². The summed E-state index contributed by atoms with van der Waals surface area (Å²) in [5, 5.41) is 6.17. The monoisotopic (exact) mass is 510 g/mol. The third kappa shape index (κ3) is 4.45. The molecule has 0 unspecified atom stereocenters. The van der Waals surface area contributed by atoms with E-state index in [0.717, 1.165) is 10.8 Å². The van der Waals surface area contributed by atoms with Crippen molar-refractivity contribution in [2.45, 2.75) is 6.36 Å². The van der Waals surface area contributed by atoms with Gasteiger partial charge in [0.05, 0.1) is 27.2 Å². The van der Waals surface area contributed by atoms with Crippen LogP contribution in [0.2, 0.25) is 0 Å². The number of hydrogen-bond donors (Lipinski definition) is 2. The van der Waals surface area contributed by atoms with Gasteiger partial charge in [-0.15, -0.1) is 24.5 Å². The number of nitrogens with zero attached hydrogens (tertiary/aromatic N) is 4. The molecule has 8 nitrogen and oxygen atoms in total. The number of benzene rings is 2. The van der Waals surface area contributed by atoms with Crippen LogP contribution in [-0.2, 0) is 0 Å². The fourth-order valence-electron chi connectivity index (χ4n) is 3.79. The average Bonchev–Trinajstić information content (AvgIpc) is 3.29. The number of anilines is 4. The van der Waals surface area contributed by atoms with E-state index in [-0.39, 0.29) is 5.75 Å². The molecule has 1 amide bonds. The molecule has 0 aliphatic carbocycles. The number of rotatable bonds is 5. The number of hydrogen-bond acceptors (Lipinski definition) is 8. The van der Waals surface area contributed by atoms with E-state index in [1.54, 1.807) is 41.9 Å². The lowest BCUT2D eigenvalue weighted by Gasteiger charge is -2.24. The summed E-state index contributed by atoms with van der Waals surface area (Å²) >= 11 is 1.27. The number of carbonyl (C=O) groups is 1. The van der Waals surface area contributed by atoms with Gasteiger partial charge in [-0.2, -0.15) is 0 Å². The number of fused-ring (bicyclic) bond motifs is 2. The summed E-state index contributed by atoms with van der Waals surface area (Å²) < 4.78 is 42.2. The molecule has 36 heavy (non-hydrogen) atoms. The maximum atomic E-state index is 13.4. The fourth-order valence-corrected chi connectivity index (χ4v) is 4.69. The first-order valence-corrected chi connectivity index (χ1v) is 11.3. The number of amides is 1. The van der Waals surface area contributed by atoms with E-state index < -0.39 is 12.3 Å². The summed E-state index contributed by atoms with van der Waals surface area (Å²) in [6.45, 7) is 0. The van der Waals surface area contributed by atoms with Gasteiger partial charge in [0.15, 0.2) is 0 Å². The standard InChI is InChI=1S/C24H17F3N6O2S/c1-33(14-3-5-15(6-4-14)35-24(25,26)27)18-7-2-13-10-29-9-8-16(13)19(18)32-23(34)17-11-36-21-20(17)30-12-31-22(21)28/h2-12H,1H3,(H,32,34)(H2,28,30,31). The van der Waals surface area contributed by atoms with E-state index >= 15 is 0 Å².